The fraction of sp³-hybridized carbons (Fsp3) is 0.769. The van der Waals surface area contributed by atoms with Gasteiger partial charge in [-0.3, -0.25) is 5.10 Å². The van der Waals surface area contributed by atoms with Crippen molar-refractivity contribution in [3.8, 4) is 0 Å². The fourth-order valence-corrected chi connectivity index (χ4v) is 4.01. The van der Waals surface area contributed by atoms with E-state index in [1.807, 2.05) is 6.92 Å². The highest BCUT2D eigenvalue weighted by molar-refractivity contribution is 7.89. The summed E-state index contributed by atoms with van der Waals surface area (Å²) in [5.74, 6) is 0.449. The van der Waals surface area contributed by atoms with Gasteiger partial charge in [0.1, 0.15) is 4.90 Å². The van der Waals surface area contributed by atoms with E-state index in [0.29, 0.717) is 28.7 Å². The third-order valence-electron chi connectivity index (χ3n) is 3.38. The number of nitrogens with zero attached hydrogens (tertiary/aromatic N) is 2. The van der Waals surface area contributed by atoms with Crippen LogP contribution >= 0.6 is 0 Å². The topological polar surface area (TPSA) is 78.1 Å². The van der Waals surface area contributed by atoms with Crippen LogP contribution in [0.1, 0.15) is 38.6 Å². The highest BCUT2D eigenvalue weighted by Gasteiger charge is 2.31. The average molecular weight is 302 g/mol. The number of H-pyrrole nitrogens is 1. The molecule has 0 saturated carbocycles. The zero-order valence-electron chi connectivity index (χ0n) is 13.2. The van der Waals surface area contributed by atoms with E-state index in [1.165, 1.54) is 4.31 Å². The first kappa shape index (κ1) is 17.1. The van der Waals surface area contributed by atoms with Crippen molar-refractivity contribution in [1.29, 1.82) is 0 Å². The molecule has 0 saturated heterocycles. The number of aromatic amines is 1. The quantitative estimate of drug-likeness (QED) is 0.800. The zero-order chi connectivity index (χ0) is 15.5. The van der Waals surface area contributed by atoms with Crippen LogP contribution in [0.2, 0.25) is 0 Å². The zero-order valence-corrected chi connectivity index (χ0v) is 14.0. The first-order chi connectivity index (χ1) is 9.21. The predicted octanol–water partition coefficient (Wildman–Crippen LogP) is 1.49. The summed E-state index contributed by atoms with van der Waals surface area (Å²) in [5, 5.41) is 9.79. The van der Waals surface area contributed by atoms with Gasteiger partial charge in [-0.25, -0.2) is 8.42 Å². The third-order valence-corrected chi connectivity index (χ3v) is 5.55. The normalized spacial score (nSPS) is 14.2. The van der Waals surface area contributed by atoms with E-state index < -0.39 is 10.0 Å². The monoisotopic (exact) mass is 302 g/mol. The van der Waals surface area contributed by atoms with Crippen LogP contribution in [0.25, 0.3) is 0 Å². The molecular weight excluding hydrogens is 276 g/mol. The van der Waals surface area contributed by atoms with Gasteiger partial charge in [0.2, 0.25) is 10.0 Å². The molecule has 0 spiro atoms. The summed E-state index contributed by atoms with van der Waals surface area (Å²) in [7, 11) is -0.118. The third kappa shape index (κ3) is 3.59. The molecule has 6 nitrogen and oxygen atoms in total. The lowest BCUT2D eigenvalue weighted by Crippen LogP contribution is -2.36. The standard InChI is InChI=1S/C13H26N4O2S/c1-9(2)7-10(3)17(6)20(18,19)13-11(4)15-16-12(13)8-14-5/h9-10,14H,7-8H2,1-6H3,(H,15,16). The lowest BCUT2D eigenvalue weighted by molar-refractivity contribution is 0.337. The van der Waals surface area contributed by atoms with Gasteiger partial charge in [-0.05, 0) is 33.2 Å². The Morgan fingerprint density at radius 2 is 1.95 bits per heavy atom. The van der Waals surface area contributed by atoms with Crippen LogP contribution in [-0.4, -0.2) is 43.1 Å². The molecule has 0 bridgehead atoms. The molecule has 0 fully saturated rings. The number of hydrogen-bond donors (Lipinski definition) is 2. The van der Waals surface area contributed by atoms with Gasteiger partial charge in [-0.1, -0.05) is 13.8 Å². The van der Waals surface area contributed by atoms with E-state index in [2.05, 4.69) is 29.4 Å². The highest BCUT2D eigenvalue weighted by atomic mass is 32.2. The number of rotatable bonds is 7. The minimum atomic E-state index is -3.52. The molecule has 1 aromatic heterocycles. The average Bonchev–Trinajstić information content (AvgIpc) is 2.69. The maximum absolute atomic E-state index is 12.8. The van der Waals surface area contributed by atoms with Crippen LogP contribution in [0.4, 0.5) is 0 Å². The van der Waals surface area contributed by atoms with Crippen molar-refractivity contribution < 1.29 is 8.42 Å². The summed E-state index contributed by atoms with van der Waals surface area (Å²) in [4.78, 5) is 0.296. The Morgan fingerprint density at radius 1 is 1.35 bits per heavy atom. The smallest absolute Gasteiger partial charge is 0.246 e. The van der Waals surface area contributed by atoms with E-state index in [1.54, 1.807) is 21.0 Å². The molecule has 1 heterocycles. The van der Waals surface area contributed by atoms with Crippen molar-refractivity contribution in [3.63, 3.8) is 0 Å². The van der Waals surface area contributed by atoms with Gasteiger partial charge in [0.25, 0.3) is 0 Å². The number of hydrogen-bond acceptors (Lipinski definition) is 4. The molecule has 1 aromatic rings. The SMILES string of the molecule is CNCc1n[nH]c(C)c1S(=O)(=O)N(C)C(C)CC(C)C. The van der Waals surface area contributed by atoms with E-state index in [-0.39, 0.29) is 6.04 Å². The first-order valence-electron chi connectivity index (χ1n) is 6.88. The van der Waals surface area contributed by atoms with Crippen molar-refractivity contribution in [2.24, 2.45) is 5.92 Å². The van der Waals surface area contributed by atoms with E-state index >= 15 is 0 Å². The van der Waals surface area contributed by atoms with Crippen LogP contribution in [-0.2, 0) is 16.6 Å². The molecule has 2 N–H and O–H groups in total. The van der Waals surface area contributed by atoms with Gasteiger partial charge in [-0.15, -0.1) is 0 Å². The minimum Gasteiger partial charge on any atom is -0.314 e. The van der Waals surface area contributed by atoms with Crippen LogP contribution < -0.4 is 5.32 Å². The molecule has 0 aromatic carbocycles. The lowest BCUT2D eigenvalue weighted by Gasteiger charge is -2.25. The van der Waals surface area contributed by atoms with Crippen molar-refractivity contribution in [2.45, 2.75) is 51.6 Å². The Bertz CT molecular complexity index is 537. The molecule has 0 aliphatic rings. The Kier molecular flexibility index (Phi) is 5.73. The largest absolute Gasteiger partial charge is 0.314 e. The van der Waals surface area contributed by atoms with E-state index in [4.69, 9.17) is 0 Å². The second-order valence-electron chi connectivity index (χ2n) is 5.65. The molecule has 0 amide bonds. The number of sulfonamides is 1. The van der Waals surface area contributed by atoms with E-state index in [9.17, 15) is 8.42 Å². The van der Waals surface area contributed by atoms with Gasteiger partial charge in [0.05, 0.1) is 11.4 Å². The van der Waals surface area contributed by atoms with Crippen molar-refractivity contribution in [1.82, 2.24) is 19.8 Å². The van der Waals surface area contributed by atoms with Crippen LogP contribution in [0.3, 0.4) is 0 Å². The summed E-state index contributed by atoms with van der Waals surface area (Å²) >= 11 is 0. The van der Waals surface area contributed by atoms with Gasteiger partial charge in [0.15, 0.2) is 0 Å². The van der Waals surface area contributed by atoms with Crippen molar-refractivity contribution in [3.05, 3.63) is 11.4 Å². The molecule has 20 heavy (non-hydrogen) atoms. The molecule has 1 unspecified atom stereocenters. The Morgan fingerprint density at radius 3 is 2.45 bits per heavy atom. The van der Waals surface area contributed by atoms with Gasteiger partial charge >= 0.3 is 0 Å². The van der Waals surface area contributed by atoms with Gasteiger partial charge < -0.3 is 5.32 Å². The lowest BCUT2D eigenvalue weighted by atomic mass is 10.1. The molecule has 0 aliphatic carbocycles. The second-order valence-corrected chi connectivity index (χ2v) is 7.59. The minimum absolute atomic E-state index is 0.0447. The fourth-order valence-electron chi connectivity index (χ4n) is 2.31. The Labute approximate surface area is 122 Å². The molecular formula is C13H26N4O2S. The van der Waals surface area contributed by atoms with E-state index in [0.717, 1.165) is 6.42 Å². The van der Waals surface area contributed by atoms with Gasteiger partial charge in [0, 0.05) is 19.6 Å². The predicted molar refractivity (Wildman–Crippen MR) is 80.0 cm³/mol. The molecule has 0 radical (unpaired) electrons. The van der Waals surface area contributed by atoms with Crippen LogP contribution in [0.5, 0.6) is 0 Å². The number of nitrogens with one attached hydrogen (secondary N) is 2. The Balaban J connectivity index is 3.13. The van der Waals surface area contributed by atoms with Crippen molar-refractivity contribution >= 4 is 10.0 Å². The molecule has 1 atom stereocenters. The maximum atomic E-state index is 12.8. The first-order valence-corrected chi connectivity index (χ1v) is 8.32. The molecule has 116 valence electrons. The molecule has 0 aliphatic heterocycles. The highest BCUT2D eigenvalue weighted by Crippen LogP contribution is 2.24. The van der Waals surface area contributed by atoms with Crippen LogP contribution in [0, 0.1) is 12.8 Å². The number of aryl methyl sites for hydroxylation is 1. The summed E-state index contributed by atoms with van der Waals surface area (Å²) in [6.07, 6.45) is 0.827. The summed E-state index contributed by atoms with van der Waals surface area (Å²) in [6, 6.07) is -0.0447. The summed E-state index contributed by atoms with van der Waals surface area (Å²) in [6.45, 7) is 8.27. The van der Waals surface area contributed by atoms with Crippen LogP contribution in [0.15, 0.2) is 4.90 Å². The second kappa shape index (κ2) is 6.69. The van der Waals surface area contributed by atoms with Crippen molar-refractivity contribution in [2.75, 3.05) is 14.1 Å². The Hall–Kier alpha value is -0.920. The maximum Gasteiger partial charge on any atom is 0.246 e. The number of aromatic nitrogens is 2. The molecule has 1 rings (SSSR count). The van der Waals surface area contributed by atoms with Gasteiger partial charge in [-0.2, -0.15) is 9.40 Å². The molecule has 7 heteroatoms. The summed E-state index contributed by atoms with van der Waals surface area (Å²) < 4.78 is 27.0. The summed E-state index contributed by atoms with van der Waals surface area (Å²) in [5.41, 5.74) is 1.12.